The van der Waals surface area contributed by atoms with Crippen LogP contribution in [0.2, 0.25) is 0 Å². The predicted molar refractivity (Wildman–Crippen MR) is 88.2 cm³/mol. The van der Waals surface area contributed by atoms with E-state index >= 15 is 0 Å². The highest BCUT2D eigenvalue weighted by Crippen LogP contribution is 2.06. The van der Waals surface area contributed by atoms with Crippen molar-refractivity contribution in [3.63, 3.8) is 0 Å². The Morgan fingerprint density at radius 1 is 1.23 bits per heavy atom. The number of hydrogen-bond acceptors (Lipinski definition) is 3. The average molecular weight is 304 g/mol. The lowest BCUT2D eigenvalue weighted by Gasteiger charge is -2.10. The number of rotatable bonds is 6. The molecule has 2 rings (SSSR count). The van der Waals surface area contributed by atoms with Crippen LogP contribution >= 0.6 is 0 Å². The summed E-state index contributed by atoms with van der Waals surface area (Å²) in [7, 11) is 1.78. The van der Waals surface area contributed by atoms with Crippen LogP contribution in [-0.4, -0.2) is 18.7 Å². The largest absolute Gasteiger partial charge is 0.332 e. The molecular formula is C16H24N4O2. The Bertz CT molecular complexity index is 804. The molecule has 0 radical (unpaired) electrons. The highest BCUT2D eigenvalue weighted by atomic mass is 16.2. The Hall–Kier alpha value is -2.11. The van der Waals surface area contributed by atoms with Gasteiger partial charge in [0.2, 0.25) is 0 Å². The van der Waals surface area contributed by atoms with Gasteiger partial charge in [0, 0.05) is 20.1 Å². The second-order valence-corrected chi connectivity index (χ2v) is 5.79. The summed E-state index contributed by atoms with van der Waals surface area (Å²) < 4.78 is 4.59. The Morgan fingerprint density at radius 2 is 1.95 bits per heavy atom. The van der Waals surface area contributed by atoms with E-state index in [1.165, 1.54) is 10.1 Å². The number of allylic oxidation sites excluding steroid dienone is 2. The molecule has 0 spiro atoms. The maximum Gasteiger partial charge on any atom is 0.332 e. The van der Waals surface area contributed by atoms with Crippen molar-refractivity contribution in [3.05, 3.63) is 38.8 Å². The Kier molecular flexibility index (Phi) is 5.00. The van der Waals surface area contributed by atoms with Crippen LogP contribution in [0, 0.1) is 0 Å². The second-order valence-electron chi connectivity index (χ2n) is 5.79. The topological polar surface area (TPSA) is 61.8 Å². The van der Waals surface area contributed by atoms with Gasteiger partial charge >= 0.3 is 5.69 Å². The van der Waals surface area contributed by atoms with Gasteiger partial charge in [0.15, 0.2) is 11.2 Å². The van der Waals surface area contributed by atoms with Crippen LogP contribution in [-0.2, 0) is 20.1 Å². The molecule has 0 fully saturated rings. The van der Waals surface area contributed by atoms with Crippen molar-refractivity contribution in [1.29, 1.82) is 0 Å². The normalized spacial score (nSPS) is 11.1. The van der Waals surface area contributed by atoms with Gasteiger partial charge in [-0.1, -0.05) is 11.6 Å². The number of nitrogens with zero attached hydrogens (tertiary/aromatic N) is 4. The Balaban J connectivity index is 2.33. The van der Waals surface area contributed by atoms with E-state index in [1.807, 2.05) is 6.92 Å². The molecule has 2 aromatic heterocycles. The molecule has 0 saturated heterocycles. The Labute approximate surface area is 129 Å². The number of imidazole rings is 1. The van der Waals surface area contributed by atoms with Crippen molar-refractivity contribution in [3.8, 4) is 0 Å². The number of unbranched alkanes of at least 4 members (excludes halogenated alkanes) is 2. The molecule has 0 N–H and O–H groups in total. The number of hydrogen-bond donors (Lipinski definition) is 0. The van der Waals surface area contributed by atoms with E-state index in [2.05, 4.69) is 24.9 Å². The van der Waals surface area contributed by atoms with E-state index in [9.17, 15) is 9.59 Å². The van der Waals surface area contributed by atoms with Gasteiger partial charge in [0.05, 0.1) is 6.33 Å². The smallest absolute Gasteiger partial charge is 0.328 e. The molecule has 0 unspecified atom stereocenters. The van der Waals surface area contributed by atoms with Crippen LogP contribution in [0.5, 0.6) is 0 Å². The molecule has 6 heteroatoms. The summed E-state index contributed by atoms with van der Waals surface area (Å²) in [4.78, 5) is 29.2. The fourth-order valence-electron chi connectivity index (χ4n) is 2.60. The van der Waals surface area contributed by atoms with E-state index in [4.69, 9.17) is 0 Å². The first kappa shape index (κ1) is 16.3. The van der Waals surface area contributed by atoms with Gasteiger partial charge < -0.3 is 4.57 Å². The third kappa shape index (κ3) is 3.05. The summed E-state index contributed by atoms with van der Waals surface area (Å²) >= 11 is 0. The van der Waals surface area contributed by atoms with Crippen LogP contribution in [0.1, 0.15) is 40.0 Å². The molecule has 120 valence electrons. The van der Waals surface area contributed by atoms with Crippen molar-refractivity contribution in [1.82, 2.24) is 18.7 Å². The van der Waals surface area contributed by atoms with Gasteiger partial charge in [-0.05, 0) is 40.0 Å². The predicted octanol–water partition coefficient (Wildman–Crippen LogP) is 2.05. The number of aryl methyl sites for hydroxylation is 2. The monoisotopic (exact) mass is 304 g/mol. The summed E-state index contributed by atoms with van der Waals surface area (Å²) in [5.41, 5.74) is 1.75. The first-order valence-corrected chi connectivity index (χ1v) is 7.75. The lowest BCUT2D eigenvalue weighted by atomic mass is 10.2. The van der Waals surface area contributed by atoms with E-state index < -0.39 is 0 Å². The summed E-state index contributed by atoms with van der Waals surface area (Å²) in [6.45, 7) is 6.99. The van der Waals surface area contributed by atoms with Crippen LogP contribution in [0.25, 0.3) is 11.2 Å². The molecule has 0 atom stereocenters. The molecule has 0 aliphatic rings. The molecule has 22 heavy (non-hydrogen) atoms. The van der Waals surface area contributed by atoms with Gasteiger partial charge in [0.25, 0.3) is 5.56 Å². The minimum Gasteiger partial charge on any atom is -0.328 e. The van der Waals surface area contributed by atoms with E-state index in [0.29, 0.717) is 24.3 Å². The summed E-state index contributed by atoms with van der Waals surface area (Å²) in [5, 5.41) is 0. The molecule has 0 aliphatic heterocycles. The summed E-state index contributed by atoms with van der Waals surface area (Å²) in [6, 6.07) is 0. The van der Waals surface area contributed by atoms with Gasteiger partial charge in [-0.15, -0.1) is 0 Å². The zero-order valence-corrected chi connectivity index (χ0v) is 13.8. The van der Waals surface area contributed by atoms with Gasteiger partial charge in [0.1, 0.15) is 0 Å². The fourth-order valence-corrected chi connectivity index (χ4v) is 2.60. The van der Waals surface area contributed by atoms with E-state index in [0.717, 1.165) is 19.3 Å². The highest BCUT2D eigenvalue weighted by molar-refractivity contribution is 5.69. The maximum atomic E-state index is 12.5. The van der Waals surface area contributed by atoms with Crippen LogP contribution in [0.4, 0.5) is 0 Å². The van der Waals surface area contributed by atoms with Crippen molar-refractivity contribution in [2.45, 2.75) is 53.1 Å². The minimum atomic E-state index is -0.263. The molecule has 0 aromatic carbocycles. The van der Waals surface area contributed by atoms with Crippen molar-refractivity contribution < 1.29 is 0 Å². The highest BCUT2D eigenvalue weighted by Gasteiger charge is 2.15. The lowest BCUT2D eigenvalue weighted by molar-refractivity contribution is 0.542. The summed E-state index contributed by atoms with van der Waals surface area (Å²) in [6.07, 6.45) is 6.51. The van der Waals surface area contributed by atoms with Crippen LogP contribution in [0.15, 0.2) is 27.6 Å². The molecule has 6 nitrogen and oxygen atoms in total. The Morgan fingerprint density at radius 3 is 2.59 bits per heavy atom. The zero-order valence-electron chi connectivity index (χ0n) is 13.8. The SMILES string of the molecule is CCn1c(=O)n(CCCCC=C(C)C)c(=O)c2c1ncn2C. The first-order chi connectivity index (χ1) is 10.5. The van der Waals surface area contributed by atoms with Crippen molar-refractivity contribution in [2.75, 3.05) is 0 Å². The van der Waals surface area contributed by atoms with E-state index in [-0.39, 0.29) is 11.2 Å². The van der Waals surface area contributed by atoms with Gasteiger partial charge in [-0.25, -0.2) is 9.78 Å². The lowest BCUT2D eigenvalue weighted by Crippen LogP contribution is -2.40. The minimum absolute atomic E-state index is 0.244. The fraction of sp³-hybridized carbons (Fsp3) is 0.562. The number of aromatic nitrogens is 4. The van der Waals surface area contributed by atoms with Gasteiger partial charge in [-0.3, -0.25) is 13.9 Å². The second kappa shape index (κ2) is 6.77. The van der Waals surface area contributed by atoms with Gasteiger partial charge in [-0.2, -0.15) is 0 Å². The first-order valence-electron chi connectivity index (χ1n) is 7.75. The molecule has 0 amide bonds. The molecule has 2 heterocycles. The number of fused-ring (bicyclic) bond motifs is 1. The summed E-state index contributed by atoms with van der Waals surface area (Å²) in [5.74, 6) is 0. The molecule has 0 aliphatic carbocycles. The zero-order chi connectivity index (χ0) is 16.3. The molecular weight excluding hydrogens is 280 g/mol. The van der Waals surface area contributed by atoms with Crippen LogP contribution in [0.3, 0.4) is 0 Å². The third-order valence-corrected chi connectivity index (χ3v) is 3.79. The van der Waals surface area contributed by atoms with E-state index in [1.54, 1.807) is 22.5 Å². The van der Waals surface area contributed by atoms with Crippen molar-refractivity contribution in [2.24, 2.45) is 7.05 Å². The molecule has 2 aromatic rings. The molecule has 0 bridgehead atoms. The standard InChI is InChI=1S/C16H24N4O2/c1-5-19-14-13(18(4)11-17-14)15(21)20(16(19)22)10-8-6-7-9-12(2)3/h9,11H,5-8,10H2,1-4H3. The maximum absolute atomic E-state index is 12.5. The van der Waals surface area contributed by atoms with Crippen molar-refractivity contribution >= 4 is 11.2 Å². The average Bonchev–Trinajstić information content (AvgIpc) is 2.84. The quantitative estimate of drug-likeness (QED) is 0.606. The third-order valence-electron chi connectivity index (χ3n) is 3.79. The van der Waals surface area contributed by atoms with Crippen LogP contribution < -0.4 is 11.2 Å². The molecule has 0 saturated carbocycles.